The number of rotatable bonds is 3. The molecule has 2 aliphatic rings. The monoisotopic (exact) mass is 284 g/mol. The first-order valence-corrected chi connectivity index (χ1v) is 7.51. The molecule has 0 aromatic heterocycles. The summed E-state index contributed by atoms with van der Waals surface area (Å²) in [5, 5.41) is 21.7. The second-order valence-corrected chi connectivity index (χ2v) is 5.90. The molecule has 1 aliphatic heterocycles. The summed E-state index contributed by atoms with van der Waals surface area (Å²) < 4.78 is 0. The highest BCUT2D eigenvalue weighted by Crippen LogP contribution is 2.27. The molecule has 20 heavy (non-hydrogen) atoms. The fourth-order valence-electron chi connectivity index (χ4n) is 3.40. The number of nitrogens with one attached hydrogen (secondary N) is 1. The number of hydrogen-bond donors (Lipinski definition) is 3. The Kier molecular flexibility index (Phi) is 4.86. The van der Waals surface area contributed by atoms with Gasteiger partial charge in [0.1, 0.15) is 6.04 Å². The number of carboxylic acid groups (broad SMARTS) is 1. The molecule has 2 unspecified atom stereocenters. The molecule has 2 amide bonds. The van der Waals surface area contributed by atoms with Crippen LogP contribution in [-0.4, -0.2) is 51.8 Å². The van der Waals surface area contributed by atoms with Gasteiger partial charge in [0.2, 0.25) is 0 Å². The predicted octanol–water partition coefficient (Wildman–Crippen LogP) is 1.18. The van der Waals surface area contributed by atoms with Gasteiger partial charge in [-0.05, 0) is 18.8 Å². The molecule has 6 nitrogen and oxygen atoms in total. The number of aliphatic hydroxyl groups excluding tert-OH is 1. The maximum Gasteiger partial charge on any atom is 0.326 e. The van der Waals surface area contributed by atoms with Gasteiger partial charge in [-0.3, -0.25) is 0 Å². The lowest BCUT2D eigenvalue weighted by Crippen LogP contribution is -2.51. The van der Waals surface area contributed by atoms with Gasteiger partial charge < -0.3 is 20.4 Å². The van der Waals surface area contributed by atoms with Gasteiger partial charge in [-0.2, -0.15) is 0 Å². The molecular weight excluding hydrogens is 260 g/mol. The third-order valence-corrected chi connectivity index (χ3v) is 4.57. The van der Waals surface area contributed by atoms with Crippen LogP contribution in [0.25, 0.3) is 0 Å². The molecule has 0 aromatic carbocycles. The number of carboxylic acids is 1. The third-order valence-electron chi connectivity index (χ3n) is 4.57. The van der Waals surface area contributed by atoms with Crippen LogP contribution in [0.1, 0.15) is 45.4 Å². The number of likely N-dealkylation sites (tertiary alicyclic amines) is 1. The van der Waals surface area contributed by atoms with Gasteiger partial charge in [0.05, 0.1) is 6.10 Å². The van der Waals surface area contributed by atoms with Crippen LogP contribution in [0.15, 0.2) is 0 Å². The van der Waals surface area contributed by atoms with Crippen molar-refractivity contribution in [3.8, 4) is 0 Å². The fourth-order valence-corrected chi connectivity index (χ4v) is 3.40. The lowest BCUT2D eigenvalue weighted by Gasteiger charge is -2.33. The standard InChI is InChI=1S/C14H24N2O4/c1-2-9-5-3-4-6-11(9)15-14(20)16-8-10(17)7-12(16)13(18)19/h9-12,17H,2-8H2,1H3,(H,15,20)(H,18,19)/t9?,10-,11?,12+/m1/s1. The average Bonchev–Trinajstić information content (AvgIpc) is 2.82. The molecular formula is C14H24N2O4. The Balaban J connectivity index is 1.98. The van der Waals surface area contributed by atoms with E-state index in [1.165, 1.54) is 11.3 Å². The summed E-state index contributed by atoms with van der Waals surface area (Å²) in [5.41, 5.74) is 0. The first-order chi connectivity index (χ1) is 9.52. The molecule has 3 N–H and O–H groups in total. The van der Waals surface area contributed by atoms with E-state index in [9.17, 15) is 14.7 Å². The summed E-state index contributed by atoms with van der Waals surface area (Å²) in [7, 11) is 0. The maximum absolute atomic E-state index is 12.3. The summed E-state index contributed by atoms with van der Waals surface area (Å²) in [5.74, 6) is -0.573. The molecule has 1 saturated carbocycles. The largest absolute Gasteiger partial charge is 0.480 e. The van der Waals surface area contributed by atoms with Crippen LogP contribution in [-0.2, 0) is 4.79 Å². The van der Waals surface area contributed by atoms with Crippen molar-refractivity contribution in [3.05, 3.63) is 0 Å². The average molecular weight is 284 g/mol. The molecule has 1 saturated heterocycles. The summed E-state index contributed by atoms with van der Waals surface area (Å²) in [6, 6.07) is -1.12. The van der Waals surface area contributed by atoms with Crippen molar-refractivity contribution in [2.45, 2.75) is 63.6 Å². The Bertz CT molecular complexity index is 374. The van der Waals surface area contributed by atoms with Gasteiger partial charge in [-0.25, -0.2) is 9.59 Å². The van der Waals surface area contributed by atoms with E-state index in [1.807, 2.05) is 0 Å². The van der Waals surface area contributed by atoms with Crippen LogP contribution < -0.4 is 5.32 Å². The molecule has 6 heteroatoms. The second-order valence-electron chi connectivity index (χ2n) is 5.90. The van der Waals surface area contributed by atoms with E-state index < -0.39 is 18.1 Å². The first kappa shape index (κ1) is 15.1. The molecule has 4 atom stereocenters. The van der Waals surface area contributed by atoms with E-state index in [0.717, 1.165) is 25.7 Å². The predicted molar refractivity (Wildman–Crippen MR) is 73.3 cm³/mol. The van der Waals surface area contributed by atoms with Crippen molar-refractivity contribution in [2.75, 3.05) is 6.54 Å². The van der Waals surface area contributed by atoms with Crippen molar-refractivity contribution in [1.29, 1.82) is 0 Å². The number of carbonyl (C=O) groups excluding carboxylic acids is 1. The van der Waals surface area contributed by atoms with Gasteiger partial charge in [0.25, 0.3) is 0 Å². The van der Waals surface area contributed by atoms with Crippen molar-refractivity contribution in [2.24, 2.45) is 5.92 Å². The first-order valence-electron chi connectivity index (χ1n) is 7.51. The van der Waals surface area contributed by atoms with Gasteiger partial charge in [-0.1, -0.05) is 26.2 Å². The number of amides is 2. The summed E-state index contributed by atoms with van der Waals surface area (Å²) in [6.07, 6.45) is 4.78. The van der Waals surface area contributed by atoms with E-state index >= 15 is 0 Å². The van der Waals surface area contributed by atoms with E-state index in [1.54, 1.807) is 0 Å². The van der Waals surface area contributed by atoms with E-state index in [4.69, 9.17) is 5.11 Å². The van der Waals surface area contributed by atoms with Gasteiger partial charge >= 0.3 is 12.0 Å². The SMILES string of the molecule is CCC1CCCCC1NC(=O)N1C[C@H](O)C[C@H]1C(=O)O. The molecule has 0 bridgehead atoms. The van der Waals surface area contributed by atoms with Gasteiger partial charge in [-0.15, -0.1) is 0 Å². The van der Waals surface area contributed by atoms with Crippen LogP contribution in [0.3, 0.4) is 0 Å². The van der Waals surface area contributed by atoms with Crippen molar-refractivity contribution in [3.63, 3.8) is 0 Å². The molecule has 0 radical (unpaired) electrons. The number of urea groups is 1. The molecule has 2 fully saturated rings. The highest BCUT2D eigenvalue weighted by molar-refractivity contribution is 5.83. The number of hydrogen-bond acceptors (Lipinski definition) is 3. The van der Waals surface area contributed by atoms with Crippen molar-refractivity contribution >= 4 is 12.0 Å². The summed E-state index contributed by atoms with van der Waals surface area (Å²) in [6.45, 7) is 2.22. The van der Waals surface area contributed by atoms with Crippen molar-refractivity contribution in [1.82, 2.24) is 10.2 Å². The smallest absolute Gasteiger partial charge is 0.326 e. The molecule has 1 aliphatic carbocycles. The minimum Gasteiger partial charge on any atom is -0.480 e. The Morgan fingerprint density at radius 2 is 2.00 bits per heavy atom. The Morgan fingerprint density at radius 1 is 1.30 bits per heavy atom. The zero-order valence-electron chi connectivity index (χ0n) is 11.9. The maximum atomic E-state index is 12.3. The van der Waals surface area contributed by atoms with Gasteiger partial charge in [0.15, 0.2) is 0 Å². The molecule has 0 spiro atoms. The Hall–Kier alpha value is -1.30. The highest BCUT2D eigenvalue weighted by Gasteiger charge is 2.40. The van der Waals surface area contributed by atoms with Crippen molar-refractivity contribution < 1.29 is 19.8 Å². The second kappa shape index (κ2) is 6.43. The molecule has 1 heterocycles. The van der Waals surface area contributed by atoms with E-state index in [-0.39, 0.29) is 25.0 Å². The third kappa shape index (κ3) is 3.23. The molecule has 2 rings (SSSR count). The number of β-amino-alcohol motifs (C(OH)–C–C–N with tert-alkyl or cyclic N) is 1. The Labute approximate surface area is 119 Å². The van der Waals surface area contributed by atoms with Crippen LogP contribution in [0.5, 0.6) is 0 Å². The Morgan fingerprint density at radius 3 is 2.65 bits per heavy atom. The van der Waals surface area contributed by atoms with Crippen LogP contribution in [0.2, 0.25) is 0 Å². The minimum atomic E-state index is -1.05. The minimum absolute atomic E-state index is 0.103. The highest BCUT2D eigenvalue weighted by atomic mass is 16.4. The van der Waals surface area contributed by atoms with Crippen LogP contribution in [0.4, 0.5) is 4.79 Å². The lowest BCUT2D eigenvalue weighted by atomic mass is 9.83. The van der Waals surface area contributed by atoms with Crippen LogP contribution >= 0.6 is 0 Å². The summed E-state index contributed by atoms with van der Waals surface area (Å²) >= 11 is 0. The summed E-state index contributed by atoms with van der Waals surface area (Å²) in [4.78, 5) is 24.7. The number of aliphatic hydroxyl groups is 1. The molecule has 114 valence electrons. The molecule has 0 aromatic rings. The number of carbonyl (C=O) groups is 2. The van der Waals surface area contributed by atoms with Crippen LogP contribution in [0, 0.1) is 5.92 Å². The number of aliphatic carboxylic acids is 1. The zero-order chi connectivity index (χ0) is 14.7. The lowest BCUT2D eigenvalue weighted by molar-refractivity contribution is -0.141. The topological polar surface area (TPSA) is 89.9 Å². The fraction of sp³-hybridized carbons (Fsp3) is 0.857. The quantitative estimate of drug-likeness (QED) is 0.726. The zero-order valence-corrected chi connectivity index (χ0v) is 11.9. The van der Waals surface area contributed by atoms with E-state index in [2.05, 4.69) is 12.2 Å². The van der Waals surface area contributed by atoms with E-state index in [0.29, 0.717) is 5.92 Å². The van der Waals surface area contributed by atoms with Gasteiger partial charge in [0, 0.05) is 19.0 Å². The number of nitrogens with zero attached hydrogens (tertiary/aromatic N) is 1. The normalized spacial score (nSPS) is 34.0.